The summed E-state index contributed by atoms with van der Waals surface area (Å²) in [4.78, 5) is 23.8. The summed E-state index contributed by atoms with van der Waals surface area (Å²) in [7, 11) is 5.79. The molecule has 2 heterocycles. The fraction of sp³-hybridized carbons (Fsp3) is 0.476. The minimum Gasteiger partial charge on any atom is -0.337 e. The van der Waals surface area contributed by atoms with Crippen LogP contribution in [0.1, 0.15) is 32.3 Å². The summed E-state index contributed by atoms with van der Waals surface area (Å²) in [5.74, 6) is 0.220. The van der Waals surface area contributed by atoms with Gasteiger partial charge >= 0.3 is 6.03 Å². The van der Waals surface area contributed by atoms with Crippen LogP contribution in [-0.4, -0.2) is 69.7 Å². The number of H-pyrrole nitrogens is 2. The van der Waals surface area contributed by atoms with Gasteiger partial charge in [-0.2, -0.15) is 5.10 Å². The van der Waals surface area contributed by atoms with Crippen LogP contribution in [-0.2, 0) is 6.42 Å². The highest BCUT2D eigenvalue weighted by molar-refractivity contribution is 5.93. The van der Waals surface area contributed by atoms with Crippen LogP contribution in [0.3, 0.4) is 0 Å². The van der Waals surface area contributed by atoms with Crippen molar-refractivity contribution >= 4 is 22.8 Å². The standard InChI is InChI=1S/C21H30FN7O/c1-13(2)29(5)21(30)26-18-12-23-27-19(18)20-24-16-10-14(8-6-7-9-28(3)4)15(22)11-17(16)25-20/h10-13H,6-9H2,1-5H3,(H,23,27)(H,24,25)(H,26,30). The molecule has 8 nitrogen and oxygen atoms in total. The lowest BCUT2D eigenvalue weighted by Gasteiger charge is -2.21. The molecule has 0 saturated carbocycles. The molecule has 2 aromatic heterocycles. The molecular weight excluding hydrogens is 385 g/mol. The van der Waals surface area contributed by atoms with Crippen molar-refractivity contribution in [3.05, 3.63) is 29.7 Å². The van der Waals surface area contributed by atoms with Gasteiger partial charge in [0.1, 0.15) is 5.82 Å². The van der Waals surface area contributed by atoms with E-state index >= 15 is 0 Å². The number of benzene rings is 1. The lowest BCUT2D eigenvalue weighted by atomic mass is 10.1. The molecule has 3 N–H and O–H groups in total. The third-order valence-electron chi connectivity index (χ3n) is 5.15. The Kier molecular flexibility index (Phi) is 6.71. The number of hydrogen-bond donors (Lipinski definition) is 3. The quantitative estimate of drug-likeness (QED) is 0.487. The number of imidazole rings is 1. The summed E-state index contributed by atoms with van der Waals surface area (Å²) in [6, 6.07) is 3.09. The van der Waals surface area contributed by atoms with Crippen molar-refractivity contribution in [3.63, 3.8) is 0 Å². The van der Waals surface area contributed by atoms with Crippen LogP contribution in [0.15, 0.2) is 18.3 Å². The van der Waals surface area contributed by atoms with Gasteiger partial charge < -0.3 is 20.1 Å². The minimum absolute atomic E-state index is 0.0608. The van der Waals surface area contributed by atoms with Crippen molar-refractivity contribution in [1.82, 2.24) is 30.0 Å². The first kappa shape index (κ1) is 21.8. The van der Waals surface area contributed by atoms with Crippen LogP contribution in [0.2, 0.25) is 0 Å². The monoisotopic (exact) mass is 415 g/mol. The molecule has 30 heavy (non-hydrogen) atoms. The van der Waals surface area contributed by atoms with Crippen molar-refractivity contribution < 1.29 is 9.18 Å². The summed E-state index contributed by atoms with van der Waals surface area (Å²) < 4.78 is 14.5. The highest BCUT2D eigenvalue weighted by Gasteiger charge is 2.18. The Hall–Kier alpha value is -2.94. The highest BCUT2D eigenvalue weighted by Crippen LogP contribution is 2.27. The number of carbonyl (C=O) groups is 1. The number of hydrogen-bond acceptors (Lipinski definition) is 4. The van der Waals surface area contributed by atoms with Crippen LogP contribution in [0, 0.1) is 5.82 Å². The third-order valence-corrected chi connectivity index (χ3v) is 5.15. The second kappa shape index (κ2) is 9.25. The van der Waals surface area contributed by atoms with Crippen LogP contribution in [0.5, 0.6) is 0 Å². The van der Waals surface area contributed by atoms with Gasteiger partial charge in [-0.1, -0.05) is 0 Å². The van der Waals surface area contributed by atoms with E-state index in [1.807, 2.05) is 34.0 Å². The molecule has 1 aromatic carbocycles. The molecule has 0 spiro atoms. The van der Waals surface area contributed by atoms with Gasteiger partial charge in [0.05, 0.1) is 16.7 Å². The van der Waals surface area contributed by atoms with Gasteiger partial charge in [-0.15, -0.1) is 0 Å². The number of halogens is 1. The number of aromatic nitrogens is 4. The second-order valence-electron chi connectivity index (χ2n) is 8.09. The number of urea groups is 1. The van der Waals surface area contributed by atoms with Gasteiger partial charge in [-0.05, 0) is 65.4 Å². The Morgan fingerprint density at radius 2 is 2.00 bits per heavy atom. The third kappa shape index (κ3) is 4.96. The first-order valence-electron chi connectivity index (χ1n) is 10.2. The van der Waals surface area contributed by atoms with Gasteiger partial charge in [0.15, 0.2) is 11.5 Å². The zero-order valence-electron chi connectivity index (χ0n) is 18.2. The van der Waals surface area contributed by atoms with Crippen molar-refractivity contribution in [1.29, 1.82) is 0 Å². The second-order valence-corrected chi connectivity index (χ2v) is 8.09. The summed E-state index contributed by atoms with van der Waals surface area (Å²) >= 11 is 0. The minimum atomic E-state index is -0.250. The molecular formula is C21H30FN7O. The molecule has 0 fully saturated rings. The summed E-state index contributed by atoms with van der Waals surface area (Å²) in [5, 5.41) is 9.81. The number of fused-ring (bicyclic) bond motifs is 1. The largest absolute Gasteiger partial charge is 0.337 e. The van der Waals surface area contributed by atoms with E-state index in [9.17, 15) is 9.18 Å². The predicted octanol–water partition coefficient (Wildman–Crippen LogP) is 3.85. The van der Waals surface area contributed by atoms with Gasteiger partial charge in [0.25, 0.3) is 0 Å². The molecule has 9 heteroatoms. The molecule has 0 unspecified atom stereocenters. The first-order chi connectivity index (χ1) is 14.3. The highest BCUT2D eigenvalue weighted by atomic mass is 19.1. The molecule has 2 amide bonds. The van der Waals surface area contributed by atoms with E-state index in [2.05, 4.69) is 30.4 Å². The number of nitrogens with one attached hydrogen (secondary N) is 3. The number of unbranched alkanes of at least 4 members (excludes halogenated alkanes) is 1. The van der Waals surface area contributed by atoms with E-state index in [0.717, 1.165) is 24.9 Å². The van der Waals surface area contributed by atoms with Crippen LogP contribution in [0.25, 0.3) is 22.6 Å². The molecule has 0 saturated heterocycles. The number of aryl methyl sites for hydroxylation is 1. The molecule has 0 aliphatic carbocycles. The molecule has 162 valence electrons. The van der Waals surface area contributed by atoms with Crippen LogP contribution >= 0.6 is 0 Å². The Morgan fingerprint density at radius 3 is 2.70 bits per heavy atom. The van der Waals surface area contributed by atoms with Crippen molar-refractivity contribution in [2.24, 2.45) is 0 Å². The smallest absolute Gasteiger partial charge is 0.321 e. The Balaban J connectivity index is 1.80. The maximum atomic E-state index is 14.5. The molecule has 0 aliphatic heterocycles. The number of anilines is 1. The Bertz CT molecular complexity index is 1010. The fourth-order valence-electron chi connectivity index (χ4n) is 3.13. The molecule has 0 atom stereocenters. The normalized spacial score (nSPS) is 11.6. The maximum absolute atomic E-state index is 14.5. The number of carbonyl (C=O) groups excluding carboxylic acids is 1. The summed E-state index contributed by atoms with van der Waals surface area (Å²) in [6.45, 7) is 4.85. The fourth-order valence-corrected chi connectivity index (χ4v) is 3.13. The van der Waals surface area contributed by atoms with E-state index in [-0.39, 0.29) is 17.9 Å². The summed E-state index contributed by atoms with van der Waals surface area (Å²) in [6.07, 6.45) is 4.21. The van der Waals surface area contributed by atoms with Gasteiger partial charge in [-0.25, -0.2) is 14.2 Å². The Morgan fingerprint density at radius 1 is 1.23 bits per heavy atom. The topological polar surface area (TPSA) is 92.9 Å². The zero-order valence-corrected chi connectivity index (χ0v) is 18.2. The number of amides is 2. The predicted molar refractivity (Wildman–Crippen MR) is 117 cm³/mol. The average molecular weight is 416 g/mol. The molecule has 3 aromatic rings. The lowest BCUT2D eigenvalue weighted by molar-refractivity contribution is 0.211. The molecule has 3 rings (SSSR count). The number of nitrogens with zero attached hydrogens (tertiary/aromatic N) is 4. The van der Waals surface area contributed by atoms with E-state index in [0.29, 0.717) is 34.7 Å². The number of aromatic amines is 2. The van der Waals surface area contributed by atoms with Crippen molar-refractivity contribution in [2.45, 2.75) is 39.2 Å². The SMILES string of the molecule is CC(C)N(C)C(=O)Nc1c[nH]nc1-c1nc2cc(F)c(CCCCN(C)C)cc2[nH]1. The van der Waals surface area contributed by atoms with Gasteiger partial charge in [0.2, 0.25) is 0 Å². The van der Waals surface area contributed by atoms with E-state index in [4.69, 9.17) is 0 Å². The molecule has 0 radical (unpaired) electrons. The average Bonchev–Trinajstić information content (AvgIpc) is 3.30. The van der Waals surface area contributed by atoms with Crippen molar-refractivity contribution in [2.75, 3.05) is 33.0 Å². The van der Waals surface area contributed by atoms with E-state index < -0.39 is 0 Å². The molecule has 0 bridgehead atoms. The van der Waals surface area contributed by atoms with E-state index in [1.165, 1.54) is 6.07 Å². The van der Waals surface area contributed by atoms with Crippen LogP contribution < -0.4 is 5.32 Å². The van der Waals surface area contributed by atoms with E-state index in [1.54, 1.807) is 18.1 Å². The lowest BCUT2D eigenvalue weighted by Crippen LogP contribution is -2.36. The molecule has 0 aliphatic rings. The summed E-state index contributed by atoms with van der Waals surface area (Å²) in [5.41, 5.74) is 2.93. The van der Waals surface area contributed by atoms with Gasteiger partial charge in [0, 0.05) is 25.4 Å². The van der Waals surface area contributed by atoms with Gasteiger partial charge in [-0.3, -0.25) is 5.10 Å². The zero-order chi connectivity index (χ0) is 21.8. The maximum Gasteiger partial charge on any atom is 0.321 e. The van der Waals surface area contributed by atoms with Crippen LogP contribution in [0.4, 0.5) is 14.9 Å². The Labute approximate surface area is 175 Å². The first-order valence-corrected chi connectivity index (χ1v) is 10.2. The number of rotatable bonds is 8. The van der Waals surface area contributed by atoms with Crippen molar-refractivity contribution in [3.8, 4) is 11.5 Å².